The highest BCUT2D eigenvalue weighted by Gasteiger charge is 2.15. The van der Waals surface area contributed by atoms with Gasteiger partial charge in [0.2, 0.25) is 10.0 Å². The van der Waals surface area contributed by atoms with Crippen LogP contribution in [0.5, 0.6) is 0 Å². The second kappa shape index (κ2) is 4.40. The lowest BCUT2D eigenvalue weighted by Crippen LogP contribution is -2.16. The molecule has 0 radical (unpaired) electrons. The number of nitriles is 1. The minimum absolute atomic E-state index is 0.208. The Bertz CT molecular complexity index is 551. The average molecular weight is 250 g/mol. The molecule has 8 heteroatoms. The fourth-order valence-corrected chi connectivity index (χ4v) is 1.62. The van der Waals surface area contributed by atoms with Crippen LogP contribution in [0.1, 0.15) is 0 Å². The maximum absolute atomic E-state index is 13.0. The molecule has 16 heavy (non-hydrogen) atoms. The zero-order chi connectivity index (χ0) is 12.3. The van der Waals surface area contributed by atoms with E-state index in [1.165, 1.54) is 6.07 Å². The van der Waals surface area contributed by atoms with E-state index in [2.05, 4.69) is 0 Å². The predicted molar refractivity (Wildman–Crippen MR) is 49.3 cm³/mol. The number of sulfonamides is 1. The van der Waals surface area contributed by atoms with E-state index in [-0.39, 0.29) is 6.07 Å². The summed E-state index contributed by atoms with van der Waals surface area (Å²) < 4.78 is 61.8. The minimum atomic E-state index is -4.08. The molecule has 1 aromatic carbocycles. The van der Waals surface area contributed by atoms with Gasteiger partial charge in [-0.3, -0.25) is 4.72 Å². The number of anilines is 1. The molecule has 0 aliphatic carbocycles. The zero-order valence-electron chi connectivity index (χ0n) is 7.67. The van der Waals surface area contributed by atoms with Crippen molar-refractivity contribution in [1.82, 2.24) is 0 Å². The first-order valence-corrected chi connectivity index (χ1v) is 5.53. The Balaban J connectivity index is 3.08. The molecule has 0 bridgehead atoms. The van der Waals surface area contributed by atoms with Crippen LogP contribution in [0.4, 0.5) is 18.9 Å². The Labute approximate surface area is 89.4 Å². The highest BCUT2D eigenvalue weighted by molar-refractivity contribution is 7.92. The van der Waals surface area contributed by atoms with Crippen LogP contribution in [0.3, 0.4) is 0 Å². The van der Waals surface area contributed by atoms with E-state index in [1.54, 1.807) is 4.72 Å². The summed E-state index contributed by atoms with van der Waals surface area (Å²) in [5, 5.41) is 8.15. The Kier molecular flexibility index (Phi) is 3.39. The second-order valence-corrected chi connectivity index (χ2v) is 4.49. The second-order valence-electron chi connectivity index (χ2n) is 2.77. The summed E-state index contributed by atoms with van der Waals surface area (Å²) in [4.78, 5) is 0. The Morgan fingerprint density at radius 2 is 1.75 bits per heavy atom. The topological polar surface area (TPSA) is 70.0 Å². The summed E-state index contributed by atoms with van der Waals surface area (Å²) in [6.45, 7) is 0. The number of nitrogens with zero attached hydrogens (tertiary/aromatic N) is 1. The van der Waals surface area contributed by atoms with Gasteiger partial charge in [-0.05, 0) is 0 Å². The van der Waals surface area contributed by atoms with Crippen molar-refractivity contribution in [3.63, 3.8) is 0 Å². The maximum atomic E-state index is 13.0. The molecular formula is C8H5F3N2O2S. The van der Waals surface area contributed by atoms with Gasteiger partial charge in [0.25, 0.3) is 0 Å². The van der Waals surface area contributed by atoms with Crippen LogP contribution in [0, 0.1) is 28.8 Å². The lowest BCUT2D eigenvalue weighted by atomic mass is 10.3. The standard InChI is InChI=1S/C8H5F3N2O2S/c9-5-3-7(11)8(4-6(5)10)13-16(14,15)2-1-12/h3-4,13H,2H2. The summed E-state index contributed by atoms with van der Waals surface area (Å²) in [7, 11) is -4.08. The van der Waals surface area contributed by atoms with E-state index < -0.39 is 38.9 Å². The van der Waals surface area contributed by atoms with Gasteiger partial charge in [-0.1, -0.05) is 0 Å². The number of hydrogen-bond acceptors (Lipinski definition) is 3. The van der Waals surface area contributed by atoms with Crippen LogP contribution in [0.2, 0.25) is 0 Å². The summed E-state index contributed by atoms with van der Waals surface area (Å²) in [6.07, 6.45) is 0. The molecule has 0 aliphatic rings. The number of benzene rings is 1. The molecule has 0 heterocycles. The van der Waals surface area contributed by atoms with Crippen LogP contribution in [0.25, 0.3) is 0 Å². The van der Waals surface area contributed by atoms with E-state index in [4.69, 9.17) is 5.26 Å². The molecular weight excluding hydrogens is 245 g/mol. The molecule has 0 unspecified atom stereocenters. The maximum Gasteiger partial charge on any atom is 0.246 e. The first-order valence-electron chi connectivity index (χ1n) is 3.87. The highest BCUT2D eigenvalue weighted by Crippen LogP contribution is 2.19. The zero-order valence-corrected chi connectivity index (χ0v) is 8.48. The summed E-state index contributed by atoms with van der Waals surface area (Å²) >= 11 is 0. The van der Waals surface area contributed by atoms with Crippen LogP contribution in [-0.4, -0.2) is 14.2 Å². The van der Waals surface area contributed by atoms with E-state index >= 15 is 0 Å². The van der Waals surface area contributed by atoms with Gasteiger partial charge in [-0.25, -0.2) is 21.6 Å². The normalized spacial score (nSPS) is 10.9. The van der Waals surface area contributed by atoms with Crippen molar-refractivity contribution < 1.29 is 21.6 Å². The largest absolute Gasteiger partial charge is 0.280 e. The van der Waals surface area contributed by atoms with E-state index in [0.717, 1.165) is 0 Å². The number of rotatable bonds is 3. The molecule has 1 N–H and O–H groups in total. The van der Waals surface area contributed by atoms with Gasteiger partial charge < -0.3 is 0 Å². The predicted octanol–water partition coefficient (Wildman–Crippen LogP) is 1.37. The fraction of sp³-hybridized carbons (Fsp3) is 0.125. The van der Waals surface area contributed by atoms with E-state index in [9.17, 15) is 21.6 Å². The van der Waals surface area contributed by atoms with Crippen LogP contribution in [-0.2, 0) is 10.0 Å². The lowest BCUT2D eigenvalue weighted by molar-refractivity contribution is 0.496. The van der Waals surface area contributed by atoms with E-state index in [0.29, 0.717) is 6.07 Å². The Morgan fingerprint density at radius 3 is 2.31 bits per heavy atom. The van der Waals surface area contributed by atoms with Crippen molar-refractivity contribution in [2.24, 2.45) is 0 Å². The Hall–Kier alpha value is -1.75. The third kappa shape index (κ3) is 2.87. The van der Waals surface area contributed by atoms with Gasteiger partial charge in [0.15, 0.2) is 17.4 Å². The molecule has 0 aromatic heterocycles. The van der Waals surface area contributed by atoms with Gasteiger partial charge in [-0.15, -0.1) is 0 Å². The minimum Gasteiger partial charge on any atom is -0.280 e. The van der Waals surface area contributed by atoms with Gasteiger partial charge in [0.1, 0.15) is 5.82 Å². The van der Waals surface area contributed by atoms with Gasteiger partial charge in [-0.2, -0.15) is 5.26 Å². The molecule has 86 valence electrons. The van der Waals surface area contributed by atoms with Crippen molar-refractivity contribution in [2.45, 2.75) is 0 Å². The molecule has 0 saturated heterocycles. The van der Waals surface area contributed by atoms with Gasteiger partial charge >= 0.3 is 0 Å². The van der Waals surface area contributed by atoms with Crippen LogP contribution < -0.4 is 4.72 Å². The molecule has 0 spiro atoms. The molecule has 0 amide bonds. The molecule has 4 nitrogen and oxygen atoms in total. The molecule has 1 rings (SSSR count). The number of nitrogens with one attached hydrogen (secondary N) is 1. The smallest absolute Gasteiger partial charge is 0.246 e. The summed E-state index contributed by atoms with van der Waals surface area (Å²) in [6, 6.07) is 1.90. The van der Waals surface area contributed by atoms with Crippen molar-refractivity contribution in [1.29, 1.82) is 5.26 Å². The molecule has 0 aliphatic heterocycles. The lowest BCUT2D eigenvalue weighted by Gasteiger charge is -2.06. The third-order valence-electron chi connectivity index (χ3n) is 1.53. The average Bonchev–Trinajstić information content (AvgIpc) is 2.13. The van der Waals surface area contributed by atoms with Gasteiger partial charge in [0.05, 0.1) is 11.8 Å². The number of hydrogen-bond donors (Lipinski definition) is 1. The molecule has 0 fully saturated rings. The summed E-state index contributed by atoms with van der Waals surface area (Å²) in [5.41, 5.74) is -0.742. The summed E-state index contributed by atoms with van der Waals surface area (Å²) in [5.74, 6) is -5.00. The SMILES string of the molecule is N#CCS(=O)(=O)Nc1cc(F)c(F)cc1F. The van der Waals surface area contributed by atoms with Crippen molar-refractivity contribution >= 4 is 15.7 Å². The van der Waals surface area contributed by atoms with Gasteiger partial charge in [0, 0.05) is 12.1 Å². The fourth-order valence-electron chi connectivity index (χ4n) is 0.889. The first-order chi connectivity index (χ1) is 7.35. The monoisotopic (exact) mass is 250 g/mol. The first kappa shape index (κ1) is 12.3. The van der Waals surface area contributed by atoms with Crippen molar-refractivity contribution in [3.8, 4) is 6.07 Å². The van der Waals surface area contributed by atoms with E-state index in [1.807, 2.05) is 0 Å². The van der Waals surface area contributed by atoms with Crippen LogP contribution in [0.15, 0.2) is 12.1 Å². The quantitative estimate of drug-likeness (QED) is 0.823. The Morgan fingerprint density at radius 1 is 1.19 bits per heavy atom. The van der Waals surface area contributed by atoms with Crippen LogP contribution >= 0.6 is 0 Å². The molecule has 0 atom stereocenters. The van der Waals surface area contributed by atoms with Crippen molar-refractivity contribution in [3.05, 3.63) is 29.6 Å². The highest BCUT2D eigenvalue weighted by atomic mass is 32.2. The molecule has 1 aromatic rings. The third-order valence-corrected chi connectivity index (χ3v) is 2.57. The van der Waals surface area contributed by atoms with Crippen molar-refractivity contribution in [2.75, 3.05) is 10.5 Å². The molecule has 0 saturated carbocycles. The number of halogens is 3.